The highest BCUT2D eigenvalue weighted by Crippen LogP contribution is 2.26. The van der Waals surface area contributed by atoms with Crippen molar-refractivity contribution in [3.8, 4) is 0 Å². The Bertz CT molecular complexity index is 809. The summed E-state index contributed by atoms with van der Waals surface area (Å²) in [5.41, 5.74) is 5.83. The summed E-state index contributed by atoms with van der Waals surface area (Å²) in [6.45, 7) is 14.3. The highest BCUT2D eigenvalue weighted by molar-refractivity contribution is 5.97. The molecule has 150 valence electrons. The molecule has 0 saturated carbocycles. The molecule has 3 nitrogen and oxygen atoms in total. The molecule has 2 aromatic carbocycles. The second-order valence-corrected chi connectivity index (χ2v) is 9.28. The maximum Gasteiger partial charge on any atom is 0.167 e. The number of nitrogens with zero attached hydrogens (tertiary/aromatic N) is 2. The molecule has 0 amide bonds. The zero-order chi connectivity index (χ0) is 20.3. The van der Waals surface area contributed by atoms with Crippen molar-refractivity contribution in [2.45, 2.75) is 46.1 Å². The molecule has 0 N–H and O–H groups in total. The molecule has 1 aliphatic rings. The van der Waals surface area contributed by atoms with Crippen molar-refractivity contribution in [1.29, 1.82) is 0 Å². The van der Waals surface area contributed by atoms with E-state index >= 15 is 0 Å². The minimum Gasteiger partial charge on any atom is -0.304 e. The summed E-state index contributed by atoms with van der Waals surface area (Å²) in [7, 11) is 2.18. The van der Waals surface area contributed by atoms with Crippen molar-refractivity contribution in [1.82, 2.24) is 9.80 Å². The Morgan fingerprint density at radius 2 is 1.54 bits per heavy atom. The van der Waals surface area contributed by atoms with E-state index in [1.807, 2.05) is 12.1 Å². The van der Waals surface area contributed by atoms with Crippen LogP contribution in [0, 0.1) is 6.92 Å². The summed E-state index contributed by atoms with van der Waals surface area (Å²) in [6, 6.07) is 14.7. The van der Waals surface area contributed by atoms with Gasteiger partial charge in [0.05, 0.1) is 0 Å². The highest BCUT2D eigenvalue weighted by Gasteiger charge is 2.18. The first-order chi connectivity index (χ1) is 13.2. The molecular formula is C25H34N2O. The fraction of sp³-hybridized carbons (Fsp3) is 0.480. The van der Waals surface area contributed by atoms with Gasteiger partial charge in [-0.15, -0.1) is 0 Å². The van der Waals surface area contributed by atoms with Gasteiger partial charge in [-0.2, -0.15) is 0 Å². The number of rotatable bonds is 5. The number of benzene rings is 2. The fourth-order valence-electron chi connectivity index (χ4n) is 3.99. The van der Waals surface area contributed by atoms with E-state index < -0.39 is 0 Å². The fourth-order valence-corrected chi connectivity index (χ4v) is 3.99. The normalized spacial score (nSPS) is 16.3. The molecule has 0 bridgehead atoms. The van der Waals surface area contributed by atoms with Gasteiger partial charge in [0.1, 0.15) is 0 Å². The van der Waals surface area contributed by atoms with E-state index in [0.717, 1.165) is 43.9 Å². The third kappa shape index (κ3) is 5.30. The molecule has 3 heteroatoms. The standard InChI is InChI=1S/C25H34N2O/c1-19-16-22(10-11-23(19)25(2,3)4)24(28)17-20-6-8-21(9-7-20)18-27-14-12-26(5)13-15-27/h6-11,16H,12-15,17-18H2,1-5H3. The van der Waals surface area contributed by atoms with E-state index in [1.165, 1.54) is 16.7 Å². The molecule has 0 aliphatic carbocycles. The van der Waals surface area contributed by atoms with Crippen LogP contribution in [0.15, 0.2) is 42.5 Å². The third-order valence-electron chi connectivity index (χ3n) is 5.75. The molecule has 2 aromatic rings. The number of Topliss-reactive ketones (excluding diaryl/α,β-unsaturated/α-hetero) is 1. The lowest BCUT2D eigenvalue weighted by molar-refractivity contribution is 0.0993. The molecule has 1 heterocycles. The lowest BCUT2D eigenvalue weighted by atomic mass is 9.83. The van der Waals surface area contributed by atoms with Gasteiger partial charge < -0.3 is 4.90 Å². The van der Waals surface area contributed by atoms with Crippen LogP contribution in [0.25, 0.3) is 0 Å². The number of likely N-dealkylation sites (N-methyl/N-ethyl adjacent to an activating group) is 1. The van der Waals surface area contributed by atoms with Gasteiger partial charge in [0.25, 0.3) is 0 Å². The number of carbonyl (C=O) groups excluding carboxylic acids is 1. The Kier molecular flexibility index (Phi) is 6.36. The predicted molar refractivity (Wildman–Crippen MR) is 117 cm³/mol. The molecule has 3 rings (SSSR count). The topological polar surface area (TPSA) is 23.6 Å². The largest absolute Gasteiger partial charge is 0.304 e. The Balaban J connectivity index is 1.61. The molecule has 1 aliphatic heterocycles. The van der Waals surface area contributed by atoms with Crippen molar-refractivity contribution in [2.75, 3.05) is 33.2 Å². The zero-order valence-corrected chi connectivity index (χ0v) is 18.1. The minimum atomic E-state index is 0.102. The zero-order valence-electron chi connectivity index (χ0n) is 18.1. The van der Waals surface area contributed by atoms with Crippen molar-refractivity contribution in [3.63, 3.8) is 0 Å². The summed E-state index contributed by atoms with van der Waals surface area (Å²) in [5.74, 6) is 0.190. The van der Waals surface area contributed by atoms with Crippen LogP contribution in [-0.2, 0) is 18.4 Å². The first kappa shape index (κ1) is 20.8. The highest BCUT2D eigenvalue weighted by atomic mass is 16.1. The summed E-state index contributed by atoms with van der Waals surface area (Å²) >= 11 is 0. The van der Waals surface area contributed by atoms with Gasteiger partial charge in [0, 0.05) is 44.7 Å². The molecular weight excluding hydrogens is 344 g/mol. The maximum atomic E-state index is 12.7. The monoisotopic (exact) mass is 378 g/mol. The molecule has 1 fully saturated rings. The third-order valence-corrected chi connectivity index (χ3v) is 5.75. The molecule has 1 saturated heterocycles. The van der Waals surface area contributed by atoms with Gasteiger partial charge in [0.2, 0.25) is 0 Å². The molecule has 0 spiro atoms. The maximum absolute atomic E-state index is 12.7. The SMILES string of the molecule is Cc1cc(C(=O)Cc2ccc(CN3CCN(C)CC3)cc2)ccc1C(C)(C)C. The summed E-state index contributed by atoms with van der Waals surface area (Å²) < 4.78 is 0. The van der Waals surface area contributed by atoms with Crippen LogP contribution in [-0.4, -0.2) is 48.8 Å². The Morgan fingerprint density at radius 1 is 0.929 bits per heavy atom. The van der Waals surface area contributed by atoms with Gasteiger partial charge in [-0.3, -0.25) is 9.69 Å². The van der Waals surface area contributed by atoms with Crippen LogP contribution in [0.4, 0.5) is 0 Å². The molecule has 0 unspecified atom stereocenters. The molecule has 0 atom stereocenters. The van der Waals surface area contributed by atoms with Gasteiger partial charge in [0.15, 0.2) is 5.78 Å². The number of piperazine rings is 1. The average Bonchev–Trinajstić information content (AvgIpc) is 2.64. The second-order valence-electron chi connectivity index (χ2n) is 9.28. The van der Waals surface area contributed by atoms with E-state index in [-0.39, 0.29) is 11.2 Å². The summed E-state index contributed by atoms with van der Waals surface area (Å²) in [6.07, 6.45) is 0.461. The van der Waals surface area contributed by atoms with Crippen molar-refractivity contribution >= 4 is 5.78 Å². The van der Waals surface area contributed by atoms with Crippen LogP contribution < -0.4 is 0 Å². The second kappa shape index (κ2) is 8.59. The smallest absolute Gasteiger partial charge is 0.167 e. The number of hydrogen-bond acceptors (Lipinski definition) is 3. The molecule has 28 heavy (non-hydrogen) atoms. The van der Waals surface area contributed by atoms with Crippen LogP contribution in [0.3, 0.4) is 0 Å². The quantitative estimate of drug-likeness (QED) is 0.718. The number of aryl methyl sites for hydroxylation is 1. The Morgan fingerprint density at radius 3 is 2.11 bits per heavy atom. The number of ketones is 1. The average molecular weight is 379 g/mol. The van der Waals surface area contributed by atoms with Gasteiger partial charge in [-0.25, -0.2) is 0 Å². The van der Waals surface area contributed by atoms with Crippen LogP contribution in [0.5, 0.6) is 0 Å². The number of hydrogen-bond donors (Lipinski definition) is 0. The van der Waals surface area contributed by atoms with E-state index in [1.54, 1.807) is 0 Å². The Hall–Kier alpha value is -1.97. The van der Waals surface area contributed by atoms with Crippen molar-refractivity contribution in [2.24, 2.45) is 0 Å². The summed E-state index contributed by atoms with van der Waals surface area (Å²) in [5, 5.41) is 0. The first-order valence-corrected chi connectivity index (χ1v) is 10.4. The predicted octanol–water partition coefficient (Wildman–Crippen LogP) is 4.47. The first-order valence-electron chi connectivity index (χ1n) is 10.4. The minimum absolute atomic E-state index is 0.102. The van der Waals surface area contributed by atoms with E-state index in [4.69, 9.17) is 0 Å². The molecule has 0 radical (unpaired) electrons. The number of carbonyl (C=O) groups is 1. The van der Waals surface area contributed by atoms with Crippen LogP contribution in [0.1, 0.15) is 53.4 Å². The summed E-state index contributed by atoms with van der Waals surface area (Å²) in [4.78, 5) is 17.6. The van der Waals surface area contributed by atoms with Gasteiger partial charge >= 0.3 is 0 Å². The molecule has 0 aromatic heterocycles. The van der Waals surface area contributed by atoms with Gasteiger partial charge in [-0.05, 0) is 47.7 Å². The van der Waals surface area contributed by atoms with Crippen LogP contribution in [0.2, 0.25) is 0 Å². The Labute approximate surface area is 170 Å². The van der Waals surface area contributed by atoms with Crippen molar-refractivity contribution < 1.29 is 4.79 Å². The van der Waals surface area contributed by atoms with E-state index in [0.29, 0.717) is 6.42 Å². The van der Waals surface area contributed by atoms with Crippen molar-refractivity contribution in [3.05, 3.63) is 70.3 Å². The van der Waals surface area contributed by atoms with Gasteiger partial charge in [-0.1, -0.05) is 57.2 Å². The van der Waals surface area contributed by atoms with E-state index in [9.17, 15) is 4.79 Å². The van der Waals surface area contributed by atoms with Crippen LogP contribution >= 0.6 is 0 Å². The lowest BCUT2D eigenvalue weighted by Crippen LogP contribution is -2.43. The van der Waals surface area contributed by atoms with E-state index in [2.05, 4.69) is 74.9 Å². The lowest BCUT2D eigenvalue weighted by Gasteiger charge is -2.32.